The van der Waals surface area contributed by atoms with Crippen molar-refractivity contribution in [3.05, 3.63) is 65.2 Å². The largest absolute Gasteiger partial charge is 0.358 e. The number of amides is 1. The molecule has 1 N–H and O–H groups in total. The van der Waals surface area contributed by atoms with E-state index in [0.29, 0.717) is 5.56 Å². The maximum atomic E-state index is 12.8. The average molecular weight is 345 g/mol. The van der Waals surface area contributed by atoms with E-state index in [1.54, 1.807) is 31.2 Å². The molecule has 2 aromatic rings. The number of hydrogen-bond acceptors (Lipinski definition) is 3. The van der Waals surface area contributed by atoms with Crippen LogP contribution in [0.3, 0.4) is 0 Å². The third-order valence-electron chi connectivity index (χ3n) is 4.28. The zero-order chi connectivity index (χ0) is 18.0. The molecular formula is C19H23NO3S. The van der Waals surface area contributed by atoms with Crippen molar-refractivity contribution in [2.45, 2.75) is 31.1 Å². The van der Waals surface area contributed by atoms with Crippen LogP contribution >= 0.6 is 0 Å². The molecule has 5 heteroatoms. The lowest BCUT2D eigenvalue weighted by Crippen LogP contribution is -2.45. The Hall–Kier alpha value is -2.14. The van der Waals surface area contributed by atoms with Crippen LogP contribution in [0.25, 0.3) is 0 Å². The highest BCUT2D eigenvalue weighted by Crippen LogP contribution is 2.29. The summed E-state index contributed by atoms with van der Waals surface area (Å²) in [7, 11) is -2.09. The van der Waals surface area contributed by atoms with Crippen LogP contribution < -0.4 is 5.32 Å². The van der Waals surface area contributed by atoms with Gasteiger partial charge in [-0.3, -0.25) is 4.79 Å². The SMILES string of the molecule is CNC(=O)C(C)(CS(=O)(=O)c1ccc(C)cc1)c1ccc(C)cc1. The molecule has 0 aliphatic heterocycles. The molecule has 1 unspecified atom stereocenters. The van der Waals surface area contributed by atoms with Gasteiger partial charge in [0.25, 0.3) is 0 Å². The molecule has 0 fully saturated rings. The molecule has 2 aromatic carbocycles. The number of rotatable bonds is 5. The summed E-state index contributed by atoms with van der Waals surface area (Å²) >= 11 is 0. The van der Waals surface area contributed by atoms with Crippen molar-refractivity contribution >= 4 is 15.7 Å². The van der Waals surface area contributed by atoms with E-state index in [1.165, 1.54) is 7.05 Å². The summed E-state index contributed by atoms with van der Waals surface area (Å²) in [5, 5.41) is 2.60. The van der Waals surface area contributed by atoms with Gasteiger partial charge in [0.2, 0.25) is 5.91 Å². The van der Waals surface area contributed by atoms with Crippen LogP contribution in [0.2, 0.25) is 0 Å². The minimum atomic E-state index is -3.61. The number of likely N-dealkylation sites (N-methyl/N-ethyl adjacent to an activating group) is 1. The van der Waals surface area contributed by atoms with Gasteiger partial charge in [0, 0.05) is 7.05 Å². The molecule has 1 amide bonds. The van der Waals surface area contributed by atoms with Gasteiger partial charge in [0.15, 0.2) is 9.84 Å². The molecule has 4 nitrogen and oxygen atoms in total. The topological polar surface area (TPSA) is 63.2 Å². The lowest BCUT2D eigenvalue weighted by atomic mass is 9.83. The number of benzene rings is 2. The molecule has 0 aliphatic rings. The third kappa shape index (κ3) is 3.67. The molecular weight excluding hydrogens is 322 g/mol. The standard InChI is InChI=1S/C19H23NO3S/c1-14-5-9-16(10-6-14)19(3,18(21)20-4)13-24(22,23)17-11-7-15(2)8-12-17/h5-12H,13H2,1-4H3,(H,20,21). The maximum Gasteiger partial charge on any atom is 0.231 e. The lowest BCUT2D eigenvalue weighted by Gasteiger charge is -2.28. The number of sulfone groups is 1. The Balaban J connectivity index is 2.47. The third-order valence-corrected chi connectivity index (χ3v) is 6.22. The van der Waals surface area contributed by atoms with Gasteiger partial charge in [0.05, 0.1) is 16.1 Å². The smallest absolute Gasteiger partial charge is 0.231 e. The van der Waals surface area contributed by atoms with Gasteiger partial charge in [-0.25, -0.2) is 8.42 Å². The van der Waals surface area contributed by atoms with Gasteiger partial charge in [0.1, 0.15) is 0 Å². The molecule has 1 atom stereocenters. The molecule has 2 rings (SSSR count). The summed E-state index contributed by atoms with van der Waals surface area (Å²) in [5.74, 6) is -0.603. The predicted molar refractivity (Wildman–Crippen MR) is 95.8 cm³/mol. The highest BCUT2D eigenvalue weighted by molar-refractivity contribution is 7.91. The molecule has 0 saturated carbocycles. The van der Waals surface area contributed by atoms with E-state index in [4.69, 9.17) is 0 Å². The Bertz CT molecular complexity index is 824. The number of nitrogens with one attached hydrogen (secondary N) is 1. The minimum Gasteiger partial charge on any atom is -0.358 e. The Morgan fingerprint density at radius 1 is 0.958 bits per heavy atom. The number of hydrogen-bond donors (Lipinski definition) is 1. The van der Waals surface area contributed by atoms with Crippen LogP contribution in [0.5, 0.6) is 0 Å². The van der Waals surface area contributed by atoms with Gasteiger partial charge < -0.3 is 5.32 Å². The quantitative estimate of drug-likeness (QED) is 0.906. The Kier molecular flexibility index (Phi) is 5.13. The van der Waals surface area contributed by atoms with Crippen LogP contribution in [-0.2, 0) is 20.0 Å². The first kappa shape index (κ1) is 18.2. The van der Waals surface area contributed by atoms with Gasteiger partial charge in [-0.2, -0.15) is 0 Å². The van der Waals surface area contributed by atoms with Crippen LogP contribution in [0.4, 0.5) is 0 Å². The molecule has 128 valence electrons. The van der Waals surface area contributed by atoms with Crippen molar-refractivity contribution in [3.8, 4) is 0 Å². The number of carbonyl (C=O) groups excluding carboxylic acids is 1. The molecule has 0 spiro atoms. The first-order chi connectivity index (χ1) is 11.2. The Labute approximate surface area is 143 Å². The summed E-state index contributed by atoms with van der Waals surface area (Å²) in [6.45, 7) is 5.52. The highest BCUT2D eigenvalue weighted by atomic mass is 32.2. The van der Waals surface area contributed by atoms with E-state index in [0.717, 1.165) is 11.1 Å². The molecule has 0 bridgehead atoms. The van der Waals surface area contributed by atoms with Crippen molar-refractivity contribution in [2.24, 2.45) is 0 Å². The second-order valence-electron chi connectivity index (χ2n) is 6.35. The maximum absolute atomic E-state index is 12.8. The fraction of sp³-hybridized carbons (Fsp3) is 0.316. The van der Waals surface area contributed by atoms with E-state index in [9.17, 15) is 13.2 Å². The zero-order valence-corrected chi connectivity index (χ0v) is 15.3. The van der Waals surface area contributed by atoms with Crippen LogP contribution in [0, 0.1) is 13.8 Å². The molecule has 0 aliphatic carbocycles. The monoisotopic (exact) mass is 345 g/mol. The second-order valence-corrected chi connectivity index (χ2v) is 8.34. The first-order valence-electron chi connectivity index (χ1n) is 7.78. The number of aryl methyl sites for hydroxylation is 2. The lowest BCUT2D eigenvalue weighted by molar-refractivity contribution is -0.125. The van der Waals surface area contributed by atoms with Gasteiger partial charge in [-0.05, 0) is 38.5 Å². The van der Waals surface area contributed by atoms with Crippen molar-refractivity contribution in [3.63, 3.8) is 0 Å². The molecule has 0 radical (unpaired) electrons. The van der Waals surface area contributed by atoms with E-state index in [2.05, 4.69) is 5.32 Å². The fourth-order valence-electron chi connectivity index (χ4n) is 2.69. The number of carbonyl (C=O) groups is 1. The van der Waals surface area contributed by atoms with E-state index >= 15 is 0 Å². The normalized spacial score (nSPS) is 14.0. The molecule has 0 heterocycles. The molecule has 0 aromatic heterocycles. The van der Waals surface area contributed by atoms with Gasteiger partial charge >= 0.3 is 0 Å². The fourth-order valence-corrected chi connectivity index (χ4v) is 4.46. The molecule has 24 heavy (non-hydrogen) atoms. The van der Waals surface area contributed by atoms with Crippen LogP contribution in [0.15, 0.2) is 53.4 Å². The van der Waals surface area contributed by atoms with Crippen LogP contribution in [0.1, 0.15) is 23.6 Å². The minimum absolute atomic E-state index is 0.232. The van der Waals surface area contributed by atoms with Crippen molar-refractivity contribution in [1.29, 1.82) is 0 Å². The highest BCUT2D eigenvalue weighted by Gasteiger charge is 2.39. The summed E-state index contributed by atoms with van der Waals surface area (Å²) in [6.07, 6.45) is 0. The van der Waals surface area contributed by atoms with E-state index in [-0.39, 0.29) is 16.6 Å². The van der Waals surface area contributed by atoms with Crippen molar-refractivity contribution in [2.75, 3.05) is 12.8 Å². The second kappa shape index (κ2) is 6.77. The Morgan fingerprint density at radius 3 is 1.88 bits per heavy atom. The van der Waals surface area contributed by atoms with E-state index < -0.39 is 15.3 Å². The summed E-state index contributed by atoms with van der Waals surface area (Å²) in [5.41, 5.74) is 1.57. The van der Waals surface area contributed by atoms with Gasteiger partial charge in [-0.1, -0.05) is 47.5 Å². The molecule has 0 saturated heterocycles. The van der Waals surface area contributed by atoms with Gasteiger partial charge in [-0.15, -0.1) is 0 Å². The first-order valence-corrected chi connectivity index (χ1v) is 9.43. The average Bonchev–Trinajstić information content (AvgIpc) is 2.54. The van der Waals surface area contributed by atoms with Crippen LogP contribution in [-0.4, -0.2) is 27.1 Å². The van der Waals surface area contributed by atoms with Crippen molar-refractivity contribution < 1.29 is 13.2 Å². The summed E-state index contributed by atoms with van der Waals surface area (Å²) in [6, 6.07) is 14.1. The Morgan fingerprint density at radius 2 is 1.42 bits per heavy atom. The summed E-state index contributed by atoms with van der Waals surface area (Å²) < 4.78 is 25.7. The van der Waals surface area contributed by atoms with E-state index in [1.807, 2.05) is 38.1 Å². The van der Waals surface area contributed by atoms with Crippen molar-refractivity contribution in [1.82, 2.24) is 5.32 Å². The zero-order valence-electron chi connectivity index (χ0n) is 14.5. The predicted octanol–water partition coefficient (Wildman–Crippen LogP) is 2.78. The summed E-state index contributed by atoms with van der Waals surface area (Å²) in [4.78, 5) is 12.7.